The van der Waals surface area contributed by atoms with Gasteiger partial charge in [0.05, 0.1) is 6.20 Å². The zero-order valence-corrected chi connectivity index (χ0v) is 12.2. The van der Waals surface area contributed by atoms with E-state index >= 15 is 0 Å². The summed E-state index contributed by atoms with van der Waals surface area (Å²) in [4.78, 5) is 19.2. The van der Waals surface area contributed by atoms with E-state index in [9.17, 15) is 0 Å². The third-order valence-corrected chi connectivity index (χ3v) is 3.88. The molecule has 1 N–H and O–H groups in total. The standard InChI is InChI=1S/C15H20N6/c1-21-6-2-12(3-7-21)8-13-9-14(19-11-18-13)20-15-10-16-4-5-17-15/h4-5,9-12H,2-3,6-8H2,1H3,(H,17,18,19,20). The van der Waals surface area contributed by atoms with Gasteiger partial charge in [-0.05, 0) is 45.3 Å². The van der Waals surface area contributed by atoms with Crippen molar-refractivity contribution < 1.29 is 0 Å². The Balaban J connectivity index is 1.63. The van der Waals surface area contributed by atoms with Crippen LogP contribution in [0.5, 0.6) is 0 Å². The van der Waals surface area contributed by atoms with Gasteiger partial charge in [0.2, 0.25) is 0 Å². The summed E-state index contributed by atoms with van der Waals surface area (Å²) in [5, 5.41) is 3.16. The van der Waals surface area contributed by atoms with Gasteiger partial charge in [-0.3, -0.25) is 4.98 Å². The molecule has 0 radical (unpaired) electrons. The summed E-state index contributed by atoms with van der Waals surface area (Å²) in [6.45, 7) is 2.36. The van der Waals surface area contributed by atoms with Gasteiger partial charge in [0.1, 0.15) is 18.0 Å². The van der Waals surface area contributed by atoms with Crippen LogP contribution in [0.25, 0.3) is 0 Å². The number of anilines is 2. The maximum Gasteiger partial charge on any atom is 0.150 e. The minimum Gasteiger partial charge on any atom is -0.324 e. The van der Waals surface area contributed by atoms with Crippen LogP contribution in [-0.2, 0) is 6.42 Å². The molecule has 2 aromatic rings. The van der Waals surface area contributed by atoms with E-state index in [2.05, 4.69) is 37.2 Å². The molecule has 0 saturated carbocycles. The van der Waals surface area contributed by atoms with Gasteiger partial charge in [-0.1, -0.05) is 0 Å². The zero-order chi connectivity index (χ0) is 14.5. The van der Waals surface area contributed by atoms with E-state index in [-0.39, 0.29) is 0 Å². The van der Waals surface area contributed by atoms with Crippen LogP contribution in [0.1, 0.15) is 18.5 Å². The van der Waals surface area contributed by atoms with E-state index in [0.29, 0.717) is 5.82 Å². The van der Waals surface area contributed by atoms with Crippen LogP contribution in [0.15, 0.2) is 31.0 Å². The average molecular weight is 284 g/mol. The molecule has 3 heterocycles. The summed E-state index contributed by atoms with van der Waals surface area (Å²) in [5.41, 5.74) is 1.09. The van der Waals surface area contributed by atoms with Crippen LogP contribution < -0.4 is 5.32 Å². The molecule has 6 heteroatoms. The lowest BCUT2D eigenvalue weighted by atomic mass is 9.92. The quantitative estimate of drug-likeness (QED) is 0.925. The Kier molecular flexibility index (Phi) is 4.35. The summed E-state index contributed by atoms with van der Waals surface area (Å²) in [6, 6.07) is 2.01. The van der Waals surface area contributed by atoms with E-state index in [1.54, 1.807) is 24.9 Å². The number of aromatic nitrogens is 4. The molecular weight excluding hydrogens is 264 g/mol. The largest absolute Gasteiger partial charge is 0.324 e. The number of piperidine rings is 1. The van der Waals surface area contributed by atoms with Gasteiger partial charge in [-0.15, -0.1) is 0 Å². The van der Waals surface area contributed by atoms with Crippen LogP contribution in [0.3, 0.4) is 0 Å². The van der Waals surface area contributed by atoms with Gasteiger partial charge >= 0.3 is 0 Å². The van der Waals surface area contributed by atoms with Gasteiger partial charge in [0, 0.05) is 24.2 Å². The Bertz CT molecular complexity index is 565. The monoisotopic (exact) mass is 284 g/mol. The fourth-order valence-electron chi connectivity index (χ4n) is 2.63. The lowest BCUT2D eigenvalue weighted by Gasteiger charge is -2.28. The molecule has 0 amide bonds. The normalized spacial score (nSPS) is 16.8. The molecule has 1 aliphatic heterocycles. The van der Waals surface area contributed by atoms with Crippen molar-refractivity contribution in [1.82, 2.24) is 24.8 Å². The second-order valence-corrected chi connectivity index (χ2v) is 5.56. The average Bonchev–Trinajstić information content (AvgIpc) is 2.51. The van der Waals surface area contributed by atoms with Crippen molar-refractivity contribution in [3.63, 3.8) is 0 Å². The molecular formula is C15H20N6. The highest BCUT2D eigenvalue weighted by Gasteiger charge is 2.17. The Labute approximate surface area is 124 Å². The molecule has 0 bridgehead atoms. The fraction of sp³-hybridized carbons (Fsp3) is 0.467. The van der Waals surface area contributed by atoms with Crippen molar-refractivity contribution in [1.29, 1.82) is 0 Å². The van der Waals surface area contributed by atoms with Gasteiger partial charge in [-0.2, -0.15) is 0 Å². The molecule has 3 rings (SSSR count). The summed E-state index contributed by atoms with van der Waals surface area (Å²) in [7, 11) is 2.18. The van der Waals surface area contributed by atoms with E-state index in [1.807, 2.05) is 6.07 Å². The van der Waals surface area contributed by atoms with Crippen molar-refractivity contribution in [3.05, 3.63) is 36.7 Å². The maximum atomic E-state index is 4.39. The minimum atomic E-state index is 0.696. The summed E-state index contributed by atoms with van der Waals surface area (Å²) in [6.07, 6.45) is 10.1. The molecule has 0 aromatic carbocycles. The number of rotatable bonds is 4. The molecule has 1 saturated heterocycles. The number of likely N-dealkylation sites (tertiary alicyclic amines) is 1. The van der Waals surface area contributed by atoms with Crippen molar-refractivity contribution >= 4 is 11.6 Å². The molecule has 2 aromatic heterocycles. The van der Waals surface area contributed by atoms with Gasteiger partial charge in [0.15, 0.2) is 0 Å². The first-order valence-corrected chi connectivity index (χ1v) is 7.32. The molecule has 110 valence electrons. The SMILES string of the molecule is CN1CCC(Cc2cc(Nc3cnccn3)ncn2)CC1. The molecule has 0 unspecified atom stereocenters. The minimum absolute atomic E-state index is 0.696. The molecule has 21 heavy (non-hydrogen) atoms. The number of nitrogens with zero attached hydrogens (tertiary/aromatic N) is 5. The first-order chi connectivity index (χ1) is 10.3. The van der Waals surface area contributed by atoms with Crippen LogP contribution in [-0.4, -0.2) is 45.0 Å². The van der Waals surface area contributed by atoms with Gasteiger partial charge < -0.3 is 10.2 Å². The summed E-state index contributed by atoms with van der Waals surface area (Å²) >= 11 is 0. The number of nitrogens with one attached hydrogen (secondary N) is 1. The molecule has 0 aliphatic carbocycles. The van der Waals surface area contributed by atoms with Crippen LogP contribution in [0.2, 0.25) is 0 Å². The van der Waals surface area contributed by atoms with Gasteiger partial charge in [-0.25, -0.2) is 15.0 Å². The van der Waals surface area contributed by atoms with Crippen molar-refractivity contribution in [2.45, 2.75) is 19.3 Å². The predicted octanol–water partition coefficient (Wildman–Crippen LogP) is 1.89. The Morgan fingerprint density at radius 2 is 2.00 bits per heavy atom. The first-order valence-electron chi connectivity index (χ1n) is 7.32. The lowest BCUT2D eigenvalue weighted by molar-refractivity contribution is 0.218. The molecule has 0 spiro atoms. The molecule has 1 aliphatic rings. The highest BCUT2D eigenvalue weighted by Crippen LogP contribution is 2.21. The lowest BCUT2D eigenvalue weighted by Crippen LogP contribution is -2.31. The predicted molar refractivity (Wildman–Crippen MR) is 81.3 cm³/mol. The highest BCUT2D eigenvalue weighted by molar-refractivity contribution is 5.49. The number of hydrogen-bond acceptors (Lipinski definition) is 6. The number of hydrogen-bond donors (Lipinski definition) is 1. The van der Waals surface area contributed by atoms with Crippen LogP contribution in [0.4, 0.5) is 11.6 Å². The Morgan fingerprint density at radius 3 is 2.76 bits per heavy atom. The third kappa shape index (κ3) is 3.95. The van der Waals surface area contributed by atoms with Gasteiger partial charge in [0.25, 0.3) is 0 Å². The smallest absolute Gasteiger partial charge is 0.150 e. The highest BCUT2D eigenvalue weighted by atomic mass is 15.1. The maximum absolute atomic E-state index is 4.39. The zero-order valence-electron chi connectivity index (χ0n) is 12.2. The van der Waals surface area contributed by atoms with Crippen molar-refractivity contribution in [2.75, 3.05) is 25.5 Å². The van der Waals surface area contributed by atoms with E-state index < -0.39 is 0 Å². The van der Waals surface area contributed by atoms with Crippen molar-refractivity contribution in [3.8, 4) is 0 Å². The van der Waals surface area contributed by atoms with E-state index in [0.717, 1.165) is 23.9 Å². The molecule has 1 fully saturated rings. The van der Waals surface area contributed by atoms with E-state index in [4.69, 9.17) is 0 Å². The third-order valence-electron chi connectivity index (χ3n) is 3.88. The second kappa shape index (κ2) is 6.58. The fourth-order valence-corrected chi connectivity index (χ4v) is 2.63. The molecule has 0 atom stereocenters. The van der Waals surface area contributed by atoms with Crippen molar-refractivity contribution in [2.24, 2.45) is 5.92 Å². The van der Waals surface area contributed by atoms with E-state index in [1.165, 1.54) is 25.9 Å². The second-order valence-electron chi connectivity index (χ2n) is 5.56. The van der Waals surface area contributed by atoms with Crippen LogP contribution in [0, 0.1) is 5.92 Å². The Morgan fingerprint density at radius 1 is 1.14 bits per heavy atom. The molecule has 6 nitrogen and oxygen atoms in total. The summed E-state index contributed by atoms with van der Waals surface area (Å²) < 4.78 is 0. The van der Waals surface area contributed by atoms with Crippen LogP contribution >= 0.6 is 0 Å². The first kappa shape index (κ1) is 13.9. The topological polar surface area (TPSA) is 66.8 Å². The summed E-state index contributed by atoms with van der Waals surface area (Å²) in [5.74, 6) is 2.19. The Hall–Kier alpha value is -2.08.